The van der Waals surface area contributed by atoms with Crippen LogP contribution in [0.5, 0.6) is 0 Å². The molecule has 0 unspecified atom stereocenters. The van der Waals surface area contributed by atoms with Crippen LogP contribution in [0, 0.1) is 0 Å². The second kappa shape index (κ2) is 6.67. The van der Waals surface area contributed by atoms with E-state index >= 15 is 0 Å². The average molecular weight is 261 g/mol. The minimum Gasteiger partial charge on any atom is -0.256 e. The largest absolute Gasteiger partial charge is 0.256 e. The van der Waals surface area contributed by atoms with Gasteiger partial charge >= 0.3 is 0 Å². The zero-order valence-corrected chi connectivity index (χ0v) is 12.0. The number of hydrogen-bond donors (Lipinski definition) is 0. The number of hydrogen-bond acceptors (Lipinski definition) is 1. The van der Waals surface area contributed by atoms with Crippen molar-refractivity contribution < 1.29 is 0 Å². The van der Waals surface area contributed by atoms with E-state index in [0.29, 0.717) is 0 Å². The van der Waals surface area contributed by atoms with Gasteiger partial charge in [-0.3, -0.25) is 4.99 Å². The lowest BCUT2D eigenvalue weighted by Crippen LogP contribution is -1.87. The van der Waals surface area contributed by atoms with Crippen LogP contribution >= 0.6 is 0 Å². The second-order valence-electron chi connectivity index (χ2n) is 4.67. The molecule has 1 aromatic rings. The summed E-state index contributed by atoms with van der Waals surface area (Å²) in [5.74, 6) is 0. The van der Waals surface area contributed by atoms with Crippen molar-refractivity contribution in [3.63, 3.8) is 0 Å². The van der Waals surface area contributed by atoms with Crippen LogP contribution in [0.4, 0.5) is 5.69 Å². The van der Waals surface area contributed by atoms with E-state index in [1.807, 2.05) is 49.5 Å². The number of rotatable bonds is 3. The van der Waals surface area contributed by atoms with E-state index in [9.17, 15) is 0 Å². The Labute approximate surface area is 121 Å². The monoisotopic (exact) mass is 261 g/mol. The molecule has 0 aromatic heterocycles. The highest BCUT2D eigenvalue weighted by Gasteiger charge is 2.02. The second-order valence-corrected chi connectivity index (χ2v) is 4.67. The molecule has 0 spiro atoms. The maximum absolute atomic E-state index is 4.51. The summed E-state index contributed by atoms with van der Waals surface area (Å²) in [6, 6.07) is 9.96. The fourth-order valence-corrected chi connectivity index (χ4v) is 1.87. The van der Waals surface area contributed by atoms with E-state index in [2.05, 4.69) is 42.8 Å². The third-order valence-electron chi connectivity index (χ3n) is 3.24. The minimum atomic E-state index is 0.959. The van der Waals surface area contributed by atoms with Gasteiger partial charge in [-0.15, -0.1) is 0 Å². The van der Waals surface area contributed by atoms with Crippen LogP contribution in [0.25, 0.3) is 0 Å². The molecule has 100 valence electrons. The summed E-state index contributed by atoms with van der Waals surface area (Å²) < 4.78 is 0. The molecule has 20 heavy (non-hydrogen) atoms. The van der Waals surface area contributed by atoms with E-state index in [1.165, 1.54) is 5.57 Å². The average Bonchev–Trinajstić information content (AvgIpc) is 2.65. The summed E-state index contributed by atoms with van der Waals surface area (Å²) in [6.07, 6.45) is 12.3. The first-order valence-electron chi connectivity index (χ1n) is 6.72. The van der Waals surface area contributed by atoms with Crippen LogP contribution in [0.3, 0.4) is 0 Å². The maximum atomic E-state index is 4.51. The first kappa shape index (κ1) is 14.0. The molecule has 0 atom stereocenters. The van der Waals surface area contributed by atoms with Crippen molar-refractivity contribution in [2.24, 2.45) is 4.99 Å². The first-order chi connectivity index (χ1) is 9.70. The van der Waals surface area contributed by atoms with Crippen molar-refractivity contribution >= 4 is 11.9 Å². The quantitative estimate of drug-likeness (QED) is 0.652. The van der Waals surface area contributed by atoms with Crippen molar-refractivity contribution in [3.05, 3.63) is 89.6 Å². The van der Waals surface area contributed by atoms with Crippen molar-refractivity contribution in [2.45, 2.75) is 13.8 Å². The van der Waals surface area contributed by atoms with E-state index in [-0.39, 0.29) is 0 Å². The lowest BCUT2D eigenvalue weighted by Gasteiger charge is -2.01. The molecule has 0 heterocycles. The summed E-state index contributed by atoms with van der Waals surface area (Å²) in [6.45, 7) is 8.12. The van der Waals surface area contributed by atoms with Crippen LogP contribution in [-0.4, -0.2) is 6.21 Å². The maximum Gasteiger partial charge on any atom is 0.0629 e. The Hall–Kier alpha value is -2.41. The summed E-state index contributed by atoms with van der Waals surface area (Å²) in [7, 11) is 0. The fourth-order valence-electron chi connectivity index (χ4n) is 1.87. The Bertz CT molecular complexity index is 638. The molecule has 0 saturated carbocycles. The molecule has 1 aromatic carbocycles. The molecule has 1 heteroatoms. The van der Waals surface area contributed by atoms with Crippen molar-refractivity contribution in [1.82, 2.24) is 0 Å². The van der Waals surface area contributed by atoms with Gasteiger partial charge < -0.3 is 0 Å². The molecule has 2 rings (SSSR count). The third kappa shape index (κ3) is 3.55. The predicted molar refractivity (Wildman–Crippen MR) is 88.5 cm³/mol. The molecular formula is C19H19N. The smallest absolute Gasteiger partial charge is 0.0629 e. The molecule has 0 radical (unpaired) electrons. The fraction of sp³-hybridized carbons (Fsp3) is 0.105. The topological polar surface area (TPSA) is 12.4 Å². The van der Waals surface area contributed by atoms with Crippen LogP contribution < -0.4 is 0 Å². The molecule has 0 fully saturated rings. The highest BCUT2D eigenvalue weighted by Crippen LogP contribution is 2.20. The van der Waals surface area contributed by atoms with E-state index in [4.69, 9.17) is 0 Å². The van der Waals surface area contributed by atoms with E-state index in [0.717, 1.165) is 22.4 Å². The van der Waals surface area contributed by atoms with Gasteiger partial charge in [-0.1, -0.05) is 55.2 Å². The van der Waals surface area contributed by atoms with Crippen molar-refractivity contribution in [3.8, 4) is 0 Å². The predicted octanol–water partition coefficient (Wildman–Crippen LogP) is 5.33. The standard InChI is InChI=1S/C19H19N/c1-4-17(14-20-19-8-6-5-7-9-19)18-12-10-15(2)16(3)11-13-18/h4-14H,2H2,1,3H3/b17-4+,20-14-. The van der Waals surface area contributed by atoms with Crippen LogP contribution in [0.15, 0.2) is 94.6 Å². The Balaban J connectivity index is 2.24. The molecule has 0 saturated heterocycles. The Morgan fingerprint density at radius 3 is 2.55 bits per heavy atom. The zero-order chi connectivity index (χ0) is 14.4. The van der Waals surface area contributed by atoms with Crippen LogP contribution in [0.2, 0.25) is 0 Å². The van der Waals surface area contributed by atoms with Crippen LogP contribution in [-0.2, 0) is 0 Å². The van der Waals surface area contributed by atoms with Gasteiger partial charge in [-0.25, -0.2) is 0 Å². The van der Waals surface area contributed by atoms with Gasteiger partial charge in [-0.2, -0.15) is 0 Å². The number of para-hydroxylation sites is 1. The van der Waals surface area contributed by atoms with E-state index < -0.39 is 0 Å². The Kier molecular flexibility index (Phi) is 4.67. The van der Waals surface area contributed by atoms with Gasteiger partial charge in [0.1, 0.15) is 0 Å². The molecule has 1 nitrogen and oxygen atoms in total. The lowest BCUT2D eigenvalue weighted by atomic mass is 10.1. The van der Waals surface area contributed by atoms with Crippen molar-refractivity contribution in [1.29, 1.82) is 0 Å². The lowest BCUT2D eigenvalue weighted by molar-refractivity contribution is 1.45. The molecule has 1 aliphatic carbocycles. The number of nitrogens with zero attached hydrogens (tertiary/aromatic N) is 1. The molecule has 0 aliphatic heterocycles. The molecule has 0 N–H and O–H groups in total. The highest BCUT2D eigenvalue weighted by molar-refractivity contribution is 5.88. The highest BCUT2D eigenvalue weighted by atomic mass is 14.7. The van der Waals surface area contributed by atoms with Gasteiger partial charge in [0, 0.05) is 6.21 Å². The molecule has 1 aliphatic rings. The van der Waals surface area contributed by atoms with Gasteiger partial charge in [0.25, 0.3) is 0 Å². The first-order valence-corrected chi connectivity index (χ1v) is 6.72. The minimum absolute atomic E-state index is 0.959. The Morgan fingerprint density at radius 2 is 1.85 bits per heavy atom. The van der Waals surface area contributed by atoms with Crippen molar-refractivity contribution in [2.75, 3.05) is 0 Å². The van der Waals surface area contributed by atoms with Gasteiger partial charge in [0.2, 0.25) is 0 Å². The molecule has 0 amide bonds. The summed E-state index contributed by atoms with van der Waals surface area (Å²) >= 11 is 0. The number of allylic oxidation sites excluding steroid dienone is 9. The Morgan fingerprint density at radius 1 is 1.10 bits per heavy atom. The summed E-state index contributed by atoms with van der Waals surface area (Å²) in [5.41, 5.74) is 5.44. The summed E-state index contributed by atoms with van der Waals surface area (Å²) in [5, 5.41) is 0. The number of aliphatic imine (C=N–C) groups is 1. The SMILES string of the molecule is C=C1C=CC(C(/C=N\c2ccccc2)=C/C)=CC=C1C. The summed E-state index contributed by atoms with van der Waals surface area (Å²) in [4.78, 5) is 4.51. The molecular weight excluding hydrogens is 242 g/mol. The normalized spacial score (nSPS) is 16.1. The van der Waals surface area contributed by atoms with Gasteiger partial charge in [0.05, 0.1) is 5.69 Å². The van der Waals surface area contributed by atoms with Crippen LogP contribution in [0.1, 0.15) is 13.8 Å². The number of benzene rings is 1. The zero-order valence-electron chi connectivity index (χ0n) is 12.0. The van der Waals surface area contributed by atoms with Gasteiger partial charge in [-0.05, 0) is 48.3 Å². The molecule has 0 bridgehead atoms. The van der Waals surface area contributed by atoms with Gasteiger partial charge in [0.15, 0.2) is 0 Å². The van der Waals surface area contributed by atoms with E-state index in [1.54, 1.807) is 0 Å². The third-order valence-corrected chi connectivity index (χ3v) is 3.24.